The minimum atomic E-state index is -4.55. The molecular formula is C23H24F6N4O2. The molecule has 2 heterocycles. The number of hydrogen-bond acceptors (Lipinski definition) is 5. The number of carbonyl (C=O) groups is 1. The summed E-state index contributed by atoms with van der Waals surface area (Å²) in [5.41, 5.74) is -2.35. The molecule has 35 heavy (non-hydrogen) atoms. The van der Waals surface area contributed by atoms with Crippen molar-refractivity contribution in [3.05, 3.63) is 52.2 Å². The van der Waals surface area contributed by atoms with E-state index in [-0.39, 0.29) is 42.3 Å². The zero-order valence-electron chi connectivity index (χ0n) is 18.8. The van der Waals surface area contributed by atoms with Crippen molar-refractivity contribution in [3.8, 4) is 0 Å². The number of benzene rings is 1. The number of alkyl halides is 5. The van der Waals surface area contributed by atoms with Crippen LogP contribution in [0.1, 0.15) is 66.4 Å². The number of carbonyl (C=O) groups excluding carboxylic acids is 1. The van der Waals surface area contributed by atoms with Gasteiger partial charge >= 0.3 is 6.18 Å². The van der Waals surface area contributed by atoms with Gasteiger partial charge in [0.2, 0.25) is 5.91 Å². The number of amides is 1. The third-order valence-corrected chi connectivity index (χ3v) is 6.18. The molecule has 0 spiro atoms. The Morgan fingerprint density at radius 1 is 1.26 bits per heavy atom. The van der Waals surface area contributed by atoms with Gasteiger partial charge < -0.3 is 15.4 Å². The lowest BCUT2D eigenvalue weighted by Gasteiger charge is -2.22. The predicted molar refractivity (Wildman–Crippen MR) is 113 cm³/mol. The lowest BCUT2D eigenvalue weighted by Crippen LogP contribution is -2.48. The maximum atomic E-state index is 14.5. The SMILES string of the molecule is Cc1nc(CC(=O)NC2(C(F)(F)F)CC2)c(C2CCCO2)c(NCc2cccc(C(F)F)c2F)n1. The van der Waals surface area contributed by atoms with Crippen molar-refractivity contribution in [3.63, 3.8) is 0 Å². The van der Waals surface area contributed by atoms with E-state index in [1.165, 1.54) is 12.1 Å². The summed E-state index contributed by atoms with van der Waals surface area (Å²) in [4.78, 5) is 21.2. The molecule has 0 bridgehead atoms. The van der Waals surface area contributed by atoms with Crippen molar-refractivity contribution < 1.29 is 35.9 Å². The van der Waals surface area contributed by atoms with Crippen molar-refractivity contribution in [2.45, 2.75) is 69.8 Å². The Morgan fingerprint density at radius 3 is 2.60 bits per heavy atom. The highest BCUT2D eigenvalue weighted by Gasteiger charge is 2.64. The van der Waals surface area contributed by atoms with E-state index in [1.807, 2.05) is 0 Å². The Labute approximate surface area is 197 Å². The van der Waals surface area contributed by atoms with E-state index in [0.717, 1.165) is 6.07 Å². The molecule has 1 aromatic carbocycles. The number of ether oxygens (including phenoxy) is 1. The Kier molecular flexibility index (Phi) is 6.94. The van der Waals surface area contributed by atoms with Gasteiger partial charge in [-0.05, 0) is 32.6 Å². The fourth-order valence-electron chi connectivity index (χ4n) is 4.20. The lowest BCUT2D eigenvalue weighted by molar-refractivity contribution is -0.170. The van der Waals surface area contributed by atoms with Gasteiger partial charge in [0.05, 0.1) is 23.8 Å². The highest BCUT2D eigenvalue weighted by atomic mass is 19.4. The Hall–Kier alpha value is -2.89. The van der Waals surface area contributed by atoms with E-state index in [2.05, 4.69) is 20.6 Å². The second-order valence-electron chi connectivity index (χ2n) is 8.76. The van der Waals surface area contributed by atoms with E-state index in [4.69, 9.17) is 4.74 Å². The van der Waals surface area contributed by atoms with Gasteiger partial charge in [-0.15, -0.1) is 0 Å². The van der Waals surface area contributed by atoms with Crippen LogP contribution in [0.3, 0.4) is 0 Å². The minimum absolute atomic E-state index is 0.0162. The molecule has 1 aromatic heterocycles. The third kappa shape index (κ3) is 5.36. The predicted octanol–water partition coefficient (Wildman–Crippen LogP) is 5.08. The molecule has 2 aromatic rings. The fraction of sp³-hybridized carbons (Fsp3) is 0.522. The van der Waals surface area contributed by atoms with Gasteiger partial charge in [0.1, 0.15) is 23.0 Å². The van der Waals surface area contributed by atoms with E-state index in [9.17, 15) is 31.1 Å². The zero-order chi connectivity index (χ0) is 25.4. The largest absolute Gasteiger partial charge is 0.411 e. The van der Waals surface area contributed by atoms with E-state index >= 15 is 0 Å². The van der Waals surface area contributed by atoms with Crippen LogP contribution in [0.25, 0.3) is 0 Å². The van der Waals surface area contributed by atoms with Crippen molar-refractivity contribution in [2.75, 3.05) is 11.9 Å². The summed E-state index contributed by atoms with van der Waals surface area (Å²) in [6.45, 7) is 1.79. The molecule has 2 aliphatic rings. The molecule has 1 amide bonds. The normalized spacial score (nSPS) is 19.1. The van der Waals surface area contributed by atoms with Crippen molar-refractivity contribution in [1.82, 2.24) is 15.3 Å². The summed E-state index contributed by atoms with van der Waals surface area (Å²) in [5.74, 6) is -1.43. The van der Waals surface area contributed by atoms with Gasteiger partial charge in [-0.3, -0.25) is 4.79 Å². The van der Waals surface area contributed by atoms with Crippen LogP contribution >= 0.6 is 0 Å². The van der Waals surface area contributed by atoms with Gasteiger partial charge in [-0.25, -0.2) is 23.1 Å². The topological polar surface area (TPSA) is 76.1 Å². The molecule has 1 atom stereocenters. The second kappa shape index (κ2) is 9.63. The summed E-state index contributed by atoms with van der Waals surface area (Å²) >= 11 is 0. The van der Waals surface area contributed by atoms with Crippen LogP contribution in [0.15, 0.2) is 18.2 Å². The standard InChI is InChI=1S/C23H24F6N4O2/c1-12-31-15(10-17(34)33-22(7-8-22)23(27,28)29)18(16-6-3-9-35-16)21(32-12)30-11-13-4-2-5-14(19(13)24)20(25)26/h2,4-5,16,20H,3,6-11H2,1H3,(H,33,34)(H,30,31,32). The summed E-state index contributed by atoms with van der Waals surface area (Å²) in [7, 11) is 0. The van der Waals surface area contributed by atoms with Crippen molar-refractivity contribution in [1.29, 1.82) is 0 Å². The van der Waals surface area contributed by atoms with E-state index in [1.54, 1.807) is 6.92 Å². The third-order valence-electron chi connectivity index (χ3n) is 6.18. The summed E-state index contributed by atoms with van der Waals surface area (Å²) < 4.78 is 86.2. The number of halogens is 6. The van der Waals surface area contributed by atoms with E-state index < -0.39 is 48.0 Å². The molecule has 190 valence electrons. The molecule has 0 radical (unpaired) electrons. The monoisotopic (exact) mass is 502 g/mol. The first-order valence-corrected chi connectivity index (χ1v) is 11.2. The van der Waals surface area contributed by atoms with Crippen LogP contribution in [0.4, 0.5) is 32.2 Å². The average Bonchev–Trinajstić information content (AvgIpc) is 3.36. The van der Waals surface area contributed by atoms with Crippen molar-refractivity contribution in [2.24, 2.45) is 0 Å². The van der Waals surface area contributed by atoms with Crippen LogP contribution < -0.4 is 10.6 Å². The first-order chi connectivity index (χ1) is 16.5. The number of aryl methyl sites for hydroxylation is 1. The molecule has 4 rings (SSSR count). The number of anilines is 1. The molecule has 1 aliphatic heterocycles. The molecule has 6 nitrogen and oxygen atoms in total. The first kappa shape index (κ1) is 25.2. The molecule has 2 N–H and O–H groups in total. The molecule has 1 unspecified atom stereocenters. The average molecular weight is 502 g/mol. The smallest absolute Gasteiger partial charge is 0.373 e. The summed E-state index contributed by atoms with van der Waals surface area (Å²) in [6.07, 6.45) is -7.56. The molecule has 12 heteroatoms. The Bertz CT molecular complexity index is 1100. The van der Waals surface area contributed by atoms with Crippen LogP contribution in [-0.2, 0) is 22.5 Å². The minimum Gasteiger partial charge on any atom is -0.373 e. The maximum Gasteiger partial charge on any atom is 0.411 e. The lowest BCUT2D eigenvalue weighted by atomic mass is 10.0. The number of aromatic nitrogens is 2. The van der Waals surface area contributed by atoms with Crippen LogP contribution in [0.2, 0.25) is 0 Å². The molecule has 1 aliphatic carbocycles. The van der Waals surface area contributed by atoms with Crippen LogP contribution in [-0.4, -0.2) is 34.2 Å². The van der Waals surface area contributed by atoms with Gasteiger partial charge in [-0.2, -0.15) is 13.2 Å². The first-order valence-electron chi connectivity index (χ1n) is 11.2. The van der Waals surface area contributed by atoms with Gasteiger partial charge in [-0.1, -0.05) is 18.2 Å². The van der Waals surface area contributed by atoms with E-state index in [0.29, 0.717) is 25.0 Å². The summed E-state index contributed by atoms with van der Waals surface area (Å²) in [5, 5.41) is 5.01. The van der Waals surface area contributed by atoms with Gasteiger partial charge in [0, 0.05) is 24.3 Å². The molecule has 1 saturated heterocycles. The Morgan fingerprint density at radius 2 is 2.00 bits per heavy atom. The fourth-order valence-corrected chi connectivity index (χ4v) is 4.20. The highest BCUT2D eigenvalue weighted by Crippen LogP contribution is 2.49. The molecule has 1 saturated carbocycles. The van der Waals surface area contributed by atoms with Crippen LogP contribution in [0, 0.1) is 12.7 Å². The molecular weight excluding hydrogens is 478 g/mol. The van der Waals surface area contributed by atoms with Crippen molar-refractivity contribution >= 4 is 11.7 Å². The zero-order valence-corrected chi connectivity index (χ0v) is 18.8. The maximum absolute atomic E-state index is 14.5. The van der Waals surface area contributed by atoms with Crippen LogP contribution in [0.5, 0.6) is 0 Å². The second-order valence-corrected chi connectivity index (χ2v) is 8.76. The quantitative estimate of drug-likeness (QED) is 0.493. The Balaban J connectivity index is 1.61. The van der Waals surface area contributed by atoms with Gasteiger partial charge in [0.15, 0.2) is 0 Å². The van der Waals surface area contributed by atoms with Gasteiger partial charge in [0.25, 0.3) is 6.43 Å². The molecule has 2 fully saturated rings. The highest BCUT2D eigenvalue weighted by molar-refractivity contribution is 5.80. The summed E-state index contributed by atoms with van der Waals surface area (Å²) in [6, 6.07) is 3.67. The number of nitrogens with one attached hydrogen (secondary N) is 2. The number of hydrogen-bond donors (Lipinski definition) is 2. The number of rotatable bonds is 8. The number of nitrogens with zero attached hydrogens (tertiary/aromatic N) is 2.